The maximum atomic E-state index is 12.7. The molecule has 0 aliphatic heterocycles. The summed E-state index contributed by atoms with van der Waals surface area (Å²) in [5.74, 6) is 0.837. The van der Waals surface area contributed by atoms with Crippen molar-refractivity contribution in [3.05, 3.63) is 72.3 Å². The second-order valence-electron chi connectivity index (χ2n) is 6.03. The molecule has 3 heteroatoms. The van der Waals surface area contributed by atoms with Gasteiger partial charge in [-0.25, -0.2) is 0 Å². The number of ether oxygens (including phenoxy) is 1. The first kappa shape index (κ1) is 15.3. The summed E-state index contributed by atoms with van der Waals surface area (Å²) in [5, 5.41) is 3.03. The molecule has 0 saturated heterocycles. The van der Waals surface area contributed by atoms with Gasteiger partial charge < -0.3 is 10.1 Å². The summed E-state index contributed by atoms with van der Waals surface area (Å²) in [7, 11) is 0. The Balaban J connectivity index is 1.69. The highest BCUT2D eigenvalue weighted by molar-refractivity contribution is 6.01. The Morgan fingerprint density at radius 1 is 1.17 bits per heavy atom. The van der Waals surface area contributed by atoms with Crippen LogP contribution in [0.5, 0.6) is 5.75 Å². The molecular formula is C20H21NO2. The van der Waals surface area contributed by atoms with Crippen LogP contribution in [0.15, 0.2) is 61.2 Å². The van der Waals surface area contributed by atoms with Gasteiger partial charge in [0.2, 0.25) is 5.91 Å². The normalized spacial score (nSPS) is 14.8. The summed E-state index contributed by atoms with van der Waals surface area (Å²) < 4.78 is 5.44. The fourth-order valence-corrected chi connectivity index (χ4v) is 2.68. The van der Waals surface area contributed by atoms with Crippen LogP contribution in [-0.2, 0) is 10.2 Å². The number of hydrogen-bond donors (Lipinski definition) is 1. The number of carbonyl (C=O) groups is 1. The Morgan fingerprint density at radius 2 is 1.83 bits per heavy atom. The second-order valence-corrected chi connectivity index (χ2v) is 6.03. The number of nitrogens with one attached hydrogen (secondary N) is 1. The van der Waals surface area contributed by atoms with Gasteiger partial charge in [0.05, 0.1) is 5.41 Å². The Hall–Kier alpha value is -2.55. The highest BCUT2D eigenvalue weighted by Crippen LogP contribution is 2.49. The molecule has 1 N–H and O–H groups in total. The highest BCUT2D eigenvalue weighted by atomic mass is 16.5. The maximum Gasteiger partial charge on any atom is 0.235 e. The van der Waals surface area contributed by atoms with E-state index >= 15 is 0 Å². The van der Waals surface area contributed by atoms with Crippen molar-refractivity contribution in [1.82, 2.24) is 0 Å². The molecule has 3 rings (SSSR count). The van der Waals surface area contributed by atoms with E-state index in [9.17, 15) is 4.79 Å². The first-order chi connectivity index (χ1) is 11.1. The standard InChI is InChI=1S/C20H21NO2/c1-3-14-23-18-10-8-17(9-11-18)21-19(22)20(12-13-20)16-6-4-15(2)5-7-16/h3-11H,1,12-14H2,2H3,(H,21,22). The summed E-state index contributed by atoms with van der Waals surface area (Å²) in [4.78, 5) is 12.7. The predicted molar refractivity (Wildman–Crippen MR) is 92.9 cm³/mol. The first-order valence-electron chi connectivity index (χ1n) is 7.86. The van der Waals surface area contributed by atoms with Gasteiger partial charge in [0.25, 0.3) is 0 Å². The van der Waals surface area contributed by atoms with E-state index in [-0.39, 0.29) is 11.3 Å². The van der Waals surface area contributed by atoms with Crippen LogP contribution in [0.25, 0.3) is 0 Å². The highest BCUT2D eigenvalue weighted by Gasteiger charge is 2.51. The van der Waals surface area contributed by atoms with Crippen molar-refractivity contribution in [2.24, 2.45) is 0 Å². The quantitative estimate of drug-likeness (QED) is 0.811. The lowest BCUT2D eigenvalue weighted by molar-refractivity contribution is -0.118. The van der Waals surface area contributed by atoms with Gasteiger partial charge in [-0.15, -0.1) is 0 Å². The van der Waals surface area contributed by atoms with Crippen molar-refractivity contribution in [1.29, 1.82) is 0 Å². The lowest BCUT2D eigenvalue weighted by atomic mass is 9.94. The molecule has 118 valence electrons. The van der Waals surface area contributed by atoms with Crippen molar-refractivity contribution < 1.29 is 9.53 Å². The van der Waals surface area contributed by atoms with Crippen LogP contribution in [0, 0.1) is 6.92 Å². The molecule has 23 heavy (non-hydrogen) atoms. The molecule has 2 aromatic carbocycles. The average Bonchev–Trinajstić information content (AvgIpc) is 3.37. The van der Waals surface area contributed by atoms with Crippen LogP contribution in [-0.4, -0.2) is 12.5 Å². The summed E-state index contributed by atoms with van der Waals surface area (Å²) >= 11 is 0. The minimum Gasteiger partial charge on any atom is -0.490 e. The number of hydrogen-bond acceptors (Lipinski definition) is 2. The van der Waals surface area contributed by atoms with E-state index in [4.69, 9.17) is 4.74 Å². The van der Waals surface area contributed by atoms with Gasteiger partial charge in [0.1, 0.15) is 12.4 Å². The molecule has 1 saturated carbocycles. The van der Waals surface area contributed by atoms with Gasteiger partial charge in [-0.2, -0.15) is 0 Å². The van der Waals surface area contributed by atoms with E-state index < -0.39 is 0 Å². The van der Waals surface area contributed by atoms with Crippen molar-refractivity contribution in [3.8, 4) is 5.75 Å². The number of carbonyl (C=O) groups excluding carboxylic acids is 1. The van der Waals surface area contributed by atoms with Crippen molar-refractivity contribution >= 4 is 11.6 Å². The molecule has 0 unspecified atom stereocenters. The molecule has 3 nitrogen and oxygen atoms in total. The Morgan fingerprint density at radius 3 is 2.39 bits per heavy atom. The average molecular weight is 307 g/mol. The predicted octanol–water partition coefficient (Wildman–Crippen LogP) is 4.23. The molecule has 1 aliphatic carbocycles. The fraction of sp³-hybridized carbons (Fsp3) is 0.250. The van der Waals surface area contributed by atoms with Crippen LogP contribution >= 0.6 is 0 Å². The second kappa shape index (κ2) is 6.29. The number of anilines is 1. The van der Waals surface area contributed by atoms with Gasteiger partial charge in [0.15, 0.2) is 0 Å². The zero-order chi connectivity index (χ0) is 16.3. The molecule has 0 radical (unpaired) electrons. The molecule has 2 aromatic rings. The fourth-order valence-electron chi connectivity index (χ4n) is 2.68. The zero-order valence-corrected chi connectivity index (χ0v) is 13.3. The monoisotopic (exact) mass is 307 g/mol. The molecule has 0 aromatic heterocycles. The molecule has 0 atom stereocenters. The van der Waals surface area contributed by atoms with Crippen molar-refractivity contribution in [2.75, 3.05) is 11.9 Å². The molecular weight excluding hydrogens is 286 g/mol. The van der Waals surface area contributed by atoms with Gasteiger partial charge in [-0.05, 0) is 49.6 Å². The molecule has 1 fully saturated rings. The molecule has 0 spiro atoms. The minimum absolute atomic E-state index is 0.0705. The van der Waals surface area contributed by atoms with Crippen molar-refractivity contribution in [3.63, 3.8) is 0 Å². The third-order valence-electron chi connectivity index (χ3n) is 4.27. The van der Waals surface area contributed by atoms with E-state index in [2.05, 4.69) is 43.1 Å². The first-order valence-corrected chi connectivity index (χ1v) is 7.86. The smallest absolute Gasteiger partial charge is 0.235 e. The van der Waals surface area contributed by atoms with Gasteiger partial charge in [0, 0.05) is 5.69 Å². The van der Waals surface area contributed by atoms with E-state index in [1.54, 1.807) is 6.08 Å². The summed E-state index contributed by atoms with van der Waals surface area (Å²) in [6.07, 6.45) is 3.51. The van der Waals surface area contributed by atoms with E-state index in [1.165, 1.54) is 5.56 Å². The SMILES string of the molecule is C=CCOc1ccc(NC(=O)C2(c3ccc(C)cc3)CC2)cc1. The van der Waals surface area contributed by atoms with Crippen LogP contribution < -0.4 is 10.1 Å². The number of amides is 1. The number of rotatable bonds is 6. The number of aryl methyl sites for hydroxylation is 1. The van der Waals surface area contributed by atoms with Gasteiger partial charge in [-0.1, -0.05) is 42.5 Å². The number of benzene rings is 2. The van der Waals surface area contributed by atoms with Gasteiger partial charge >= 0.3 is 0 Å². The third kappa shape index (κ3) is 3.29. The van der Waals surface area contributed by atoms with Crippen molar-refractivity contribution in [2.45, 2.75) is 25.2 Å². The van der Waals surface area contributed by atoms with Crippen LogP contribution in [0.1, 0.15) is 24.0 Å². The topological polar surface area (TPSA) is 38.3 Å². The van der Waals surface area contributed by atoms with Crippen LogP contribution in [0.2, 0.25) is 0 Å². The molecule has 1 amide bonds. The summed E-state index contributed by atoms with van der Waals surface area (Å²) in [6, 6.07) is 15.7. The van der Waals surface area contributed by atoms with E-state index in [0.29, 0.717) is 6.61 Å². The third-order valence-corrected chi connectivity index (χ3v) is 4.27. The minimum atomic E-state index is -0.355. The van der Waals surface area contributed by atoms with E-state index in [0.717, 1.165) is 29.8 Å². The Bertz CT molecular complexity index is 697. The molecule has 0 bridgehead atoms. The molecule has 1 aliphatic rings. The summed E-state index contributed by atoms with van der Waals surface area (Å²) in [6.45, 7) is 6.15. The Kier molecular flexibility index (Phi) is 4.20. The lowest BCUT2D eigenvalue weighted by Crippen LogP contribution is -2.27. The summed E-state index contributed by atoms with van der Waals surface area (Å²) in [5.41, 5.74) is 2.75. The lowest BCUT2D eigenvalue weighted by Gasteiger charge is -2.16. The Labute approximate surface area is 137 Å². The van der Waals surface area contributed by atoms with Gasteiger partial charge in [-0.3, -0.25) is 4.79 Å². The molecule has 0 heterocycles. The van der Waals surface area contributed by atoms with E-state index in [1.807, 2.05) is 24.3 Å². The van der Waals surface area contributed by atoms with Crippen LogP contribution in [0.3, 0.4) is 0 Å². The zero-order valence-electron chi connectivity index (χ0n) is 13.3. The maximum absolute atomic E-state index is 12.7. The van der Waals surface area contributed by atoms with Crippen LogP contribution in [0.4, 0.5) is 5.69 Å². The largest absolute Gasteiger partial charge is 0.490 e.